The third-order valence-electron chi connectivity index (χ3n) is 7.76. The lowest BCUT2D eigenvalue weighted by molar-refractivity contribution is -0.141. The van der Waals surface area contributed by atoms with Gasteiger partial charge in [0.05, 0.1) is 5.02 Å². The molecule has 0 spiro atoms. The molecule has 236 valence electrons. The number of hydrogen-bond acceptors (Lipinski definition) is 7. The summed E-state index contributed by atoms with van der Waals surface area (Å²) < 4.78 is 47.8. The van der Waals surface area contributed by atoms with E-state index >= 15 is 0 Å². The Morgan fingerprint density at radius 2 is 1.88 bits per heavy atom. The van der Waals surface area contributed by atoms with Crippen LogP contribution >= 0.6 is 11.6 Å². The third-order valence-corrected chi connectivity index (χ3v) is 9.40. The van der Waals surface area contributed by atoms with Gasteiger partial charge in [-0.15, -0.1) is 0 Å². The number of sulfonamides is 1. The van der Waals surface area contributed by atoms with Crippen LogP contribution in [-0.4, -0.2) is 66.9 Å². The highest BCUT2D eigenvalue weighted by molar-refractivity contribution is 7.90. The standard InChI is InChI=1S/C29H38ClFN4O7S/c1-28(2,3)42-27(39)32-20-13-8-6-4-5-7-11-18-17-29(18,33-24(36)21-14-10-16-35(21)25(20)37)26(38)34-43(40,41)22-15-9-12-19(30)23(22)31/h7,9,11-12,15,18,20-21H,4-6,8,10,13-14,16-17H2,1-3H3,(H,32,39)(H,33,36)(H,34,38)/t18-,20+,21+,29-/m1/s1. The summed E-state index contributed by atoms with van der Waals surface area (Å²) >= 11 is 5.75. The van der Waals surface area contributed by atoms with Gasteiger partial charge in [-0.25, -0.2) is 22.3 Å². The van der Waals surface area contributed by atoms with E-state index in [-0.39, 0.29) is 13.0 Å². The lowest BCUT2D eigenvalue weighted by atomic mass is 10.0. The summed E-state index contributed by atoms with van der Waals surface area (Å²) in [6.45, 7) is 5.42. The first-order valence-corrected chi connectivity index (χ1v) is 16.3. The van der Waals surface area contributed by atoms with Crippen molar-refractivity contribution in [1.82, 2.24) is 20.3 Å². The van der Waals surface area contributed by atoms with Gasteiger partial charge in [-0.3, -0.25) is 14.4 Å². The Bertz CT molecular complexity index is 1410. The number of nitrogens with zero attached hydrogens (tertiary/aromatic N) is 1. The van der Waals surface area contributed by atoms with Crippen LogP contribution in [0.15, 0.2) is 35.2 Å². The summed E-state index contributed by atoms with van der Waals surface area (Å²) in [6.07, 6.45) is 7.09. The van der Waals surface area contributed by atoms with Crippen molar-refractivity contribution < 1.29 is 36.7 Å². The van der Waals surface area contributed by atoms with E-state index in [0.717, 1.165) is 18.9 Å². The van der Waals surface area contributed by atoms with Crippen molar-refractivity contribution in [2.75, 3.05) is 6.54 Å². The predicted molar refractivity (Wildman–Crippen MR) is 156 cm³/mol. The lowest BCUT2D eigenvalue weighted by Gasteiger charge is -2.30. The van der Waals surface area contributed by atoms with Gasteiger partial charge < -0.3 is 20.3 Å². The van der Waals surface area contributed by atoms with E-state index in [1.807, 2.05) is 10.8 Å². The van der Waals surface area contributed by atoms with Gasteiger partial charge in [0.25, 0.3) is 15.9 Å². The quantitative estimate of drug-likeness (QED) is 0.426. The Morgan fingerprint density at radius 1 is 1.14 bits per heavy atom. The van der Waals surface area contributed by atoms with Crippen LogP contribution < -0.4 is 15.4 Å². The fraction of sp³-hybridized carbons (Fsp3) is 0.586. The van der Waals surface area contributed by atoms with E-state index in [1.54, 1.807) is 26.8 Å². The van der Waals surface area contributed by atoms with Crippen molar-refractivity contribution in [2.24, 2.45) is 5.92 Å². The van der Waals surface area contributed by atoms with E-state index < -0.39 is 78.7 Å². The molecule has 0 radical (unpaired) electrons. The van der Waals surface area contributed by atoms with Crippen molar-refractivity contribution >= 4 is 45.4 Å². The molecule has 11 nitrogen and oxygen atoms in total. The molecule has 1 aromatic carbocycles. The molecule has 3 N–H and O–H groups in total. The highest BCUT2D eigenvalue weighted by Crippen LogP contribution is 2.46. The molecule has 1 aliphatic carbocycles. The van der Waals surface area contributed by atoms with Gasteiger partial charge in [0.15, 0.2) is 5.82 Å². The minimum atomic E-state index is -4.67. The maximum absolute atomic E-state index is 14.5. The van der Waals surface area contributed by atoms with Gasteiger partial charge in [0.2, 0.25) is 11.8 Å². The molecule has 2 heterocycles. The summed E-state index contributed by atoms with van der Waals surface area (Å²) in [7, 11) is -4.67. The Morgan fingerprint density at radius 3 is 2.60 bits per heavy atom. The number of alkyl carbamates (subject to hydrolysis) is 1. The second kappa shape index (κ2) is 12.8. The summed E-state index contributed by atoms with van der Waals surface area (Å²) in [4.78, 5) is 54.0. The topological polar surface area (TPSA) is 151 Å². The minimum Gasteiger partial charge on any atom is -0.444 e. The van der Waals surface area contributed by atoms with Crippen LogP contribution in [0, 0.1) is 11.7 Å². The van der Waals surface area contributed by atoms with E-state index in [1.165, 1.54) is 17.0 Å². The molecule has 4 rings (SSSR count). The number of halogens is 2. The smallest absolute Gasteiger partial charge is 0.408 e. The second-order valence-corrected chi connectivity index (χ2v) is 14.3. The highest BCUT2D eigenvalue weighted by Gasteiger charge is 2.61. The molecule has 4 amide bonds. The Kier molecular flexibility index (Phi) is 9.75. The van der Waals surface area contributed by atoms with E-state index in [0.29, 0.717) is 32.1 Å². The highest BCUT2D eigenvalue weighted by atomic mass is 35.5. The van der Waals surface area contributed by atoms with Crippen molar-refractivity contribution in [1.29, 1.82) is 0 Å². The first-order chi connectivity index (χ1) is 20.1. The number of carbonyl (C=O) groups is 4. The van der Waals surface area contributed by atoms with Crippen molar-refractivity contribution in [2.45, 2.75) is 100 Å². The van der Waals surface area contributed by atoms with E-state index in [2.05, 4.69) is 10.6 Å². The second-order valence-electron chi connectivity index (χ2n) is 12.2. The van der Waals surface area contributed by atoms with Crippen LogP contribution in [0.4, 0.5) is 9.18 Å². The summed E-state index contributed by atoms with van der Waals surface area (Å²) in [6, 6.07) is 1.57. The first-order valence-electron chi connectivity index (χ1n) is 14.4. The van der Waals surface area contributed by atoms with Gasteiger partial charge in [0, 0.05) is 12.5 Å². The van der Waals surface area contributed by atoms with Gasteiger partial charge in [0.1, 0.15) is 28.1 Å². The van der Waals surface area contributed by atoms with Crippen LogP contribution in [-0.2, 0) is 29.1 Å². The molecule has 43 heavy (non-hydrogen) atoms. The number of nitrogens with one attached hydrogen (secondary N) is 3. The van der Waals surface area contributed by atoms with Gasteiger partial charge in [-0.2, -0.15) is 0 Å². The van der Waals surface area contributed by atoms with Crippen LogP contribution in [0.3, 0.4) is 0 Å². The molecule has 14 heteroatoms. The van der Waals surface area contributed by atoms with Gasteiger partial charge in [-0.1, -0.05) is 42.7 Å². The molecule has 4 atom stereocenters. The number of fused-ring (bicyclic) bond motifs is 2. The maximum atomic E-state index is 14.5. The first kappa shape index (κ1) is 32.7. The molecule has 2 fully saturated rings. The minimum absolute atomic E-state index is 0.123. The predicted octanol–water partition coefficient (Wildman–Crippen LogP) is 3.56. The molecule has 3 aliphatic rings. The van der Waals surface area contributed by atoms with Crippen LogP contribution in [0.1, 0.15) is 72.1 Å². The SMILES string of the molecule is CC(C)(C)OC(=O)N[C@H]1CCCCCC=C[C@@H]2C[C@@]2(C(=O)NS(=O)(=O)c2cccc(Cl)c2F)NC(=O)[C@@H]2CCCN2C1=O. The number of rotatable bonds is 4. The molecule has 1 aromatic rings. The number of benzene rings is 1. The van der Waals surface area contributed by atoms with Crippen LogP contribution in [0.2, 0.25) is 5.02 Å². The largest absolute Gasteiger partial charge is 0.444 e. The fourth-order valence-electron chi connectivity index (χ4n) is 5.50. The number of hydrogen-bond donors (Lipinski definition) is 3. The average Bonchev–Trinajstić information content (AvgIpc) is 3.36. The van der Waals surface area contributed by atoms with Crippen LogP contribution in [0.5, 0.6) is 0 Å². The Hall–Kier alpha value is -3.19. The number of amides is 4. The lowest BCUT2D eigenvalue weighted by Crippen LogP contribution is -2.58. The summed E-state index contributed by atoms with van der Waals surface area (Å²) in [5.41, 5.74) is -2.38. The molecule has 0 bridgehead atoms. The molecule has 0 unspecified atom stereocenters. The normalized spacial score (nSPS) is 26.7. The number of ether oxygens (including phenoxy) is 1. The Balaban J connectivity index is 1.58. The zero-order valence-electron chi connectivity index (χ0n) is 24.5. The van der Waals surface area contributed by atoms with E-state index in [4.69, 9.17) is 16.3 Å². The molecule has 1 saturated carbocycles. The number of carbonyl (C=O) groups excluding carboxylic acids is 4. The molecule has 0 aromatic heterocycles. The maximum Gasteiger partial charge on any atom is 0.408 e. The summed E-state index contributed by atoms with van der Waals surface area (Å²) in [5, 5.41) is 4.97. The fourth-order valence-corrected chi connectivity index (χ4v) is 6.87. The average molecular weight is 641 g/mol. The molecule has 2 aliphatic heterocycles. The zero-order chi connectivity index (χ0) is 31.6. The van der Waals surface area contributed by atoms with E-state index in [9.17, 15) is 32.0 Å². The van der Waals surface area contributed by atoms with Gasteiger partial charge >= 0.3 is 6.09 Å². The van der Waals surface area contributed by atoms with Crippen LogP contribution in [0.25, 0.3) is 0 Å². The van der Waals surface area contributed by atoms with Crippen molar-refractivity contribution in [3.63, 3.8) is 0 Å². The number of allylic oxidation sites excluding steroid dienone is 1. The monoisotopic (exact) mass is 640 g/mol. The molecule has 1 saturated heterocycles. The zero-order valence-corrected chi connectivity index (χ0v) is 26.0. The Labute approximate surface area is 256 Å². The molecular formula is C29H38ClFN4O7S. The summed E-state index contributed by atoms with van der Waals surface area (Å²) in [5.74, 6) is -3.77. The van der Waals surface area contributed by atoms with Gasteiger partial charge in [-0.05, 0) is 71.4 Å². The third kappa shape index (κ3) is 7.67. The van der Waals surface area contributed by atoms with Crippen molar-refractivity contribution in [3.8, 4) is 0 Å². The molecular weight excluding hydrogens is 603 g/mol. The van der Waals surface area contributed by atoms with Crippen molar-refractivity contribution in [3.05, 3.63) is 41.2 Å².